The van der Waals surface area contributed by atoms with Crippen LogP contribution in [-0.4, -0.2) is 49.7 Å². The Labute approximate surface area is 112 Å². The highest BCUT2D eigenvalue weighted by molar-refractivity contribution is 7.90. The Kier molecular flexibility index (Phi) is 4.67. The van der Waals surface area contributed by atoms with E-state index in [2.05, 4.69) is 5.32 Å². The number of nitrogens with one attached hydrogen (secondary N) is 1. The van der Waals surface area contributed by atoms with Crippen LogP contribution in [0.4, 0.5) is 4.79 Å². The fourth-order valence-electron chi connectivity index (χ4n) is 1.92. The average molecular weight is 290 g/mol. The maximum atomic E-state index is 12.0. The molecule has 0 aliphatic carbocycles. The molecule has 0 aromatic carbocycles. The van der Waals surface area contributed by atoms with E-state index in [9.17, 15) is 22.8 Å². The molecule has 0 aromatic rings. The molecule has 0 aromatic heterocycles. The molecule has 7 nitrogen and oxygen atoms in total. The predicted molar refractivity (Wildman–Crippen MR) is 67.9 cm³/mol. The monoisotopic (exact) mass is 290 g/mol. The zero-order valence-electron chi connectivity index (χ0n) is 11.2. The number of rotatable bonds is 5. The molecule has 1 rings (SSSR count). The van der Waals surface area contributed by atoms with E-state index in [1.165, 1.54) is 0 Å². The van der Waals surface area contributed by atoms with Crippen molar-refractivity contribution in [2.45, 2.75) is 20.3 Å². The van der Waals surface area contributed by atoms with Gasteiger partial charge in [-0.05, 0) is 12.3 Å². The molecule has 1 N–H and O–H groups in total. The molecule has 0 saturated carbocycles. The third-order valence-corrected chi connectivity index (χ3v) is 3.88. The van der Waals surface area contributed by atoms with Crippen LogP contribution < -0.4 is 5.32 Å². The Bertz CT molecular complexity index is 497. The smallest absolute Gasteiger partial charge is 0.277 e. The summed E-state index contributed by atoms with van der Waals surface area (Å²) in [6, 6.07) is -0.777. The van der Waals surface area contributed by atoms with Gasteiger partial charge in [0.2, 0.25) is 11.8 Å². The number of urea groups is 1. The predicted octanol–water partition coefficient (Wildman–Crippen LogP) is -0.228. The summed E-state index contributed by atoms with van der Waals surface area (Å²) in [6.07, 6.45) is 1.25. The van der Waals surface area contributed by atoms with E-state index in [4.69, 9.17) is 0 Å². The summed E-state index contributed by atoms with van der Waals surface area (Å²) in [6.45, 7) is 3.42. The van der Waals surface area contributed by atoms with Crippen LogP contribution in [0.15, 0.2) is 0 Å². The van der Waals surface area contributed by atoms with Crippen molar-refractivity contribution in [1.29, 1.82) is 0 Å². The molecular weight excluding hydrogens is 272 g/mol. The lowest BCUT2D eigenvalue weighted by molar-refractivity contribution is -0.144. The zero-order valence-corrected chi connectivity index (χ0v) is 12.0. The van der Waals surface area contributed by atoms with Gasteiger partial charge in [-0.1, -0.05) is 13.8 Å². The number of amides is 4. The van der Waals surface area contributed by atoms with Gasteiger partial charge in [0.1, 0.15) is 15.8 Å². The fraction of sp³-hybridized carbons (Fsp3) is 0.727. The first-order valence-corrected chi connectivity index (χ1v) is 8.03. The van der Waals surface area contributed by atoms with Crippen molar-refractivity contribution >= 4 is 27.7 Å². The minimum Gasteiger partial charge on any atom is -0.277 e. The minimum absolute atomic E-state index is 0.00572. The molecule has 4 amide bonds. The van der Waals surface area contributed by atoms with Gasteiger partial charge in [0, 0.05) is 12.8 Å². The van der Waals surface area contributed by atoms with E-state index >= 15 is 0 Å². The Morgan fingerprint density at radius 2 is 1.84 bits per heavy atom. The Morgan fingerprint density at radius 1 is 1.26 bits per heavy atom. The highest BCUT2D eigenvalue weighted by atomic mass is 32.2. The molecule has 1 heterocycles. The molecular formula is C11H18N2O5S. The first-order chi connectivity index (χ1) is 8.63. The topological polar surface area (TPSA) is 101 Å². The number of barbiturate groups is 1. The first kappa shape index (κ1) is 15.6. The number of carbonyl (C=O) groups is 3. The molecule has 0 bridgehead atoms. The Morgan fingerprint density at radius 3 is 2.32 bits per heavy atom. The molecule has 1 fully saturated rings. The van der Waals surface area contributed by atoms with E-state index in [-0.39, 0.29) is 24.6 Å². The molecule has 1 aliphatic heterocycles. The molecule has 1 aliphatic rings. The van der Waals surface area contributed by atoms with Crippen molar-refractivity contribution in [2.24, 2.45) is 11.8 Å². The number of nitrogens with zero attached hydrogens (tertiary/aromatic N) is 1. The second kappa shape index (κ2) is 5.68. The number of hydrogen-bond donors (Lipinski definition) is 1. The maximum absolute atomic E-state index is 12.0. The van der Waals surface area contributed by atoms with E-state index < -0.39 is 33.6 Å². The van der Waals surface area contributed by atoms with Gasteiger partial charge in [-0.15, -0.1) is 0 Å². The summed E-state index contributed by atoms with van der Waals surface area (Å²) in [4.78, 5) is 36.1. The lowest BCUT2D eigenvalue weighted by Gasteiger charge is -2.31. The van der Waals surface area contributed by atoms with Gasteiger partial charge >= 0.3 is 6.03 Å². The average Bonchev–Trinajstić information content (AvgIpc) is 2.20. The molecule has 8 heteroatoms. The van der Waals surface area contributed by atoms with Gasteiger partial charge in [0.05, 0.1) is 5.75 Å². The molecule has 19 heavy (non-hydrogen) atoms. The highest BCUT2D eigenvalue weighted by Crippen LogP contribution is 2.19. The third kappa shape index (κ3) is 4.02. The Hall–Kier alpha value is -1.44. The summed E-state index contributed by atoms with van der Waals surface area (Å²) in [5.41, 5.74) is 0. The molecule has 1 atom stereocenters. The van der Waals surface area contributed by atoms with E-state index in [0.717, 1.165) is 11.2 Å². The maximum Gasteiger partial charge on any atom is 0.330 e. The summed E-state index contributed by atoms with van der Waals surface area (Å²) >= 11 is 0. The van der Waals surface area contributed by atoms with Crippen LogP contribution >= 0.6 is 0 Å². The molecule has 1 saturated heterocycles. The van der Waals surface area contributed by atoms with Crippen LogP contribution in [0.1, 0.15) is 20.3 Å². The van der Waals surface area contributed by atoms with E-state index in [1.807, 2.05) is 0 Å². The molecule has 0 spiro atoms. The van der Waals surface area contributed by atoms with Crippen LogP contribution in [0.3, 0.4) is 0 Å². The number of carbonyl (C=O) groups excluding carboxylic acids is 3. The molecule has 1 unspecified atom stereocenters. The zero-order chi connectivity index (χ0) is 14.8. The first-order valence-electron chi connectivity index (χ1n) is 5.97. The van der Waals surface area contributed by atoms with Gasteiger partial charge in [0.25, 0.3) is 0 Å². The van der Waals surface area contributed by atoms with Crippen molar-refractivity contribution in [3.63, 3.8) is 0 Å². The van der Waals surface area contributed by atoms with Crippen molar-refractivity contribution in [2.75, 3.05) is 18.6 Å². The van der Waals surface area contributed by atoms with Crippen molar-refractivity contribution < 1.29 is 22.8 Å². The highest BCUT2D eigenvalue weighted by Gasteiger charge is 2.41. The largest absolute Gasteiger partial charge is 0.330 e. The van der Waals surface area contributed by atoms with Crippen LogP contribution in [-0.2, 0) is 19.4 Å². The van der Waals surface area contributed by atoms with Gasteiger partial charge in [-0.25, -0.2) is 13.2 Å². The van der Waals surface area contributed by atoms with Crippen molar-refractivity contribution in [3.05, 3.63) is 0 Å². The van der Waals surface area contributed by atoms with Crippen LogP contribution in [0, 0.1) is 11.8 Å². The second-order valence-corrected chi connectivity index (χ2v) is 7.25. The van der Waals surface area contributed by atoms with Crippen LogP contribution in [0.5, 0.6) is 0 Å². The molecule has 0 radical (unpaired) electrons. The fourth-order valence-corrected chi connectivity index (χ4v) is 2.57. The molecule has 108 valence electrons. The standard InChI is InChI=1S/C11H18N2O5S/c1-7(2)8-9(14)12-11(16)13(10(8)15)5-4-6-19(3,17)18/h7-8H,4-6H2,1-3H3,(H,12,14,16). The van der Waals surface area contributed by atoms with Crippen molar-refractivity contribution in [3.8, 4) is 0 Å². The summed E-state index contributed by atoms with van der Waals surface area (Å²) in [7, 11) is -3.14. The number of imide groups is 2. The number of sulfone groups is 1. The SMILES string of the molecule is CC(C)C1C(=O)NC(=O)N(CCCS(C)(=O)=O)C1=O. The van der Waals surface area contributed by atoms with Gasteiger partial charge in [0.15, 0.2) is 0 Å². The third-order valence-electron chi connectivity index (χ3n) is 2.85. The van der Waals surface area contributed by atoms with Gasteiger partial charge in [-0.3, -0.25) is 19.8 Å². The summed E-state index contributed by atoms with van der Waals surface area (Å²) < 4.78 is 22.0. The van der Waals surface area contributed by atoms with Gasteiger partial charge in [-0.2, -0.15) is 0 Å². The van der Waals surface area contributed by atoms with Gasteiger partial charge < -0.3 is 0 Å². The summed E-state index contributed by atoms with van der Waals surface area (Å²) in [5, 5.41) is 2.12. The van der Waals surface area contributed by atoms with E-state index in [0.29, 0.717) is 0 Å². The number of hydrogen-bond acceptors (Lipinski definition) is 5. The van der Waals surface area contributed by atoms with E-state index in [1.54, 1.807) is 13.8 Å². The minimum atomic E-state index is -3.14. The Balaban J connectivity index is 2.74. The van der Waals surface area contributed by atoms with Crippen LogP contribution in [0.25, 0.3) is 0 Å². The lowest BCUT2D eigenvalue weighted by Crippen LogP contribution is -2.59. The second-order valence-electron chi connectivity index (χ2n) is 4.99. The van der Waals surface area contributed by atoms with Crippen LogP contribution in [0.2, 0.25) is 0 Å². The van der Waals surface area contributed by atoms with Crippen molar-refractivity contribution in [1.82, 2.24) is 10.2 Å². The normalized spacial score (nSPS) is 20.9. The quantitative estimate of drug-likeness (QED) is 0.705. The lowest BCUT2D eigenvalue weighted by atomic mass is 9.92. The summed E-state index contributed by atoms with van der Waals surface area (Å²) in [5.74, 6) is -2.37.